The maximum Gasteiger partial charge on any atom is 0.196 e. The molecular weight excluding hydrogens is 206 g/mol. The van der Waals surface area contributed by atoms with Gasteiger partial charge in [-0.05, 0) is 19.2 Å². The molecule has 0 aliphatic carbocycles. The van der Waals surface area contributed by atoms with Gasteiger partial charge in [-0.25, -0.2) is 0 Å². The standard InChI is InChI=1S/C9H15N7/c1-7-8(4-10-2)5-11-16(7)6-9-12-14-15(3)13-9/h5,10H,4,6H2,1-3H3. The fraction of sp³-hybridized carbons (Fsp3) is 0.556. The smallest absolute Gasteiger partial charge is 0.196 e. The molecule has 2 rings (SSSR count). The lowest BCUT2D eigenvalue weighted by Crippen LogP contribution is -2.09. The molecule has 2 heterocycles. The lowest BCUT2D eigenvalue weighted by Gasteiger charge is -2.02. The van der Waals surface area contributed by atoms with Gasteiger partial charge in [0.15, 0.2) is 5.82 Å². The lowest BCUT2D eigenvalue weighted by atomic mass is 10.2. The normalized spacial score (nSPS) is 10.9. The topological polar surface area (TPSA) is 73.5 Å². The van der Waals surface area contributed by atoms with E-state index in [9.17, 15) is 0 Å². The molecule has 0 saturated heterocycles. The average Bonchev–Trinajstić information content (AvgIpc) is 2.80. The van der Waals surface area contributed by atoms with Crippen LogP contribution >= 0.6 is 0 Å². The van der Waals surface area contributed by atoms with Crippen LogP contribution in [0.4, 0.5) is 0 Å². The van der Waals surface area contributed by atoms with Gasteiger partial charge >= 0.3 is 0 Å². The molecule has 1 N–H and O–H groups in total. The zero-order chi connectivity index (χ0) is 11.5. The van der Waals surface area contributed by atoms with E-state index in [1.54, 1.807) is 7.05 Å². The monoisotopic (exact) mass is 221 g/mol. The average molecular weight is 221 g/mol. The van der Waals surface area contributed by atoms with E-state index >= 15 is 0 Å². The second-order valence-corrected chi connectivity index (χ2v) is 3.64. The largest absolute Gasteiger partial charge is 0.316 e. The molecule has 0 unspecified atom stereocenters. The predicted octanol–water partition coefficient (Wildman–Crippen LogP) is -0.517. The van der Waals surface area contributed by atoms with Gasteiger partial charge in [-0.3, -0.25) is 4.68 Å². The molecule has 2 aromatic rings. The molecule has 0 aromatic carbocycles. The van der Waals surface area contributed by atoms with Crippen molar-refractivity contribution in [3.05, 3.63) is 23.3 Å². The number of nitrogens with zero attached hydrogens (tertiary/aromatic N) is 6. The summed E-state index contributed by atoms with van der Waals surface area (Å²) < 4.78 is 1.88. The summed E-state index contributed by atoms with van der Waals surface area (Å²) >= 11 is 0. The quantitative estimate of drug-likeness (QED) is 0.752. The fourth-order valence-electron chi connectivity index (χ4n) is 1.53. The number of rotatable bonds is 4. The van der Waals surface area contributed by atoms with E-state index in [0.29, 0.717) is 12.4 Å². The van der Waals surface area contributed by atoms with Crippen LogP contribution in [0.15, 0.2) is 6.20 Å². The molecule has 0 fully saturated rings. The van der Waals surface area contributed by atoms with E-state index in [4.69, 9.17) is 0 Å². The minimum absolute atomic E-state index is 0.559. The Morgan fingerprint density at radius 2 is 2.25 bits per heavy atom. The molecule has 7 nitrogen and oxygen atoms in total. The van der Waals surface area contributed by atoms with Crippen molar-refractivity contribution < 1.29 is 0 Å². The van der Waals surface area contributed by atoms with Crippen molar-refractivity contribution in [2.45, 2.75) is 20.0 Å². The van der Waals surface area contributed by atoms with Crippen LogP contribution in [0.25, 0.3) is 0 Å². The number of nitrogens with one attached hydrogen (secondary N) is 1. The highest BCUT2D eigenvalue weighted by Gasteiger charge is 2.08. The van der Waals surface area contributed by atoms with E-state index in [-0.39, 0.29) is 0 Å². The van der Waals surface area contributed by atoms with Crippen LogP contribution in [0, 0.1) is 6.92 Å². The highest BCUT2D eigenvalue weighted by Crippen LogP contribution is 2.07. The lowest BCUT2D eigenvalue weighted by molar-refractivity contribution is 0.611. The van der Waals surface area contributed by atoms with Crippen LogP contribution in [-0.2, 0) is 20.1 Å². The Bertz CT molecular complexity index is 470. The summed E-state index contributed by atoms with van der Waals surface area (Å²) in [5.41, 5.74) is 2.31. The summed E-state index contributed by atoms with van der Waals surface area (Å²) in [6.07, 6.45) is 1.86. The van der Waals surface area contributed by atoms with E-state index in [2.05, 4.69) is 25.8 Å². The maximum absolute atomic E-state index is 4.30. The van der Waals surface area contributed by atoms with E-state index in [0.717, 1.165) is 12.2 Å². The SMILES string of the molecule is CNCc1cnn(Cc2nnn(C)n2)c1C. The maximum atomic E-state index is 4.30. The van der Waals surface area contributed by atoms with Crippen molar-refractivity contribution in [2.75, 3.05) is 7.05 Å². The first-order valence-corrected chi connectivity index (χ1v) is 5.09. The Labute approximate surface area is 93.5 Å². The second kappa shape index (κ2) is 4.40. The summed E-state index contributed by atoms with van der Waals surface area (Å²) in [4.78, 5) is 1.45. The molecule has 0 bridgehead atoms. The molecule has 0 aliphatic rings. The molecule has 0 aliphatic heterocycles. The Morgan fingerprint density at radius 3 is 2.88 bits per heavy atom. The van der Waals surface area contributed by atoms with Gasteiger partial charge in [0, 0.05) is 17.8 Å². The molecular formula is C9H15N7. The van der Waals surface area contributed by atoms with Crippen LogP contribution in [0.1, 0.15) is 17.1 Å². The van der Waals surface area contributed by atoms with Gasteiger partial charge in [0.2, 0.25) is 0 Å². The summed E-state index contributed by atoms with van der Waals surface area (Å²) in [5, 5.41) is 19.2. The third-order valence-electron chi connectivity index (χ3n) is 2.41. The summed E-state index contributed by atoms with van der Waals surface area (Å²) in [6.45, 7) is 3.42. The van der Waals surface area contributed by atoms with Gasteiger partial charge < -0.3 is 5.32 Å². The van der Waals surface area contributed by atoms with Gasteiger partial charge in [-0.2, -0.15) is 9.90 Å². The van der Waals surface area contributed by atoms with Crippen molar-refractivity contribution in [3.8, 4) is 0 Å². The Kier molecular flexibility index (Phi) is 2.95. The van der Waals surface area contributed by atoms with Gasteiger partial charge in [-0.1, -0.05) is 0 Å². The third kappa shape index (κ3) is 2.08. The Morgan fingerprint density at radius 1 is 1.44 bits per heavy atom. The van der Waals surface area contributed by atoms with Crippen molar-refractivity contribution in [1.82, 2.24) is 35.3 Å². The summed E-state index contributed by atoms with van der Waals surface area (Å²) in [5.74, 6) is 0.671. The third-order valence-corrected chi connectivity index (χ3v) is 2.41. The number of aromatic nitrogens is 6. The molecule has 2 aromatic heterocycles. The zero-order valence-corrected chi connectivity index (χ0v) is 9.67. The van der Waals surface area contributed by atoms with Crippen molar-refractivity contribution >= 4 is 0 Å². The Balaban J connectivity index is 2.15. The first kappa shape index (κ1) is 10.7. The number of hydrogen-bond donors (Lipinski definition) is 1. The molecule has 0 atom stereocenters. The van der Waals surface area contributed by atoms with Gasteiger partial charge in [-0.15, -0.1) is 10.2 Å². The molecule has 0 spiro atoms. The first-order valence-electron chi connectivity index (χ1n) is 5.09. The molecule has 86 valence electrons. The van der Waals surface area contributed by atoms with Crippen LogP contribution in [0.3, 0.4) is 0 Å². The van der Waals surface area contributed by atoms with E-state index < -0.39 is 0 Å². The molecule has 7 heteroatoms. The van der Waals surface area contributed by atoms with Crippen LogP contribution in [0.2, 0.25) is 0 Å². The molecule has 16 heavy (non-hydrogen) atoms. The van der Waals surface area contributed by atoms with Crippen molar-refractivity contribution in [2.24, 2.45) is 7.05 Å². The van der Waals surface area contributed by atoms with Gasteiger partial charge in [0.1, 0.15) is 6.54 Å². The zero-order valence-electron chi connectivity index (χ0n) is 9.67. The number of aryl methyl sites for hydroxylation is 1. The molecule has 0 radical (unpaired) electrons. The Hall–Kier alpha value is -1.76. The van der Waals surface area contributed by atoms with E-state index in [1.807, 2.05) is 24.9 Å². The summed E-state index contributed by atoms with van der Waals surface area (Å²) in [7, 11) is 3.67. The second-order valence-electron chi connectivity index (χ2n) is 3.64. The molecule has 0 amide bonds. The van der Waals surface area contributed by atoms with Crippen LogP contribution in [-0.4, -0.2) is 37.0 Å². The van der Waals surface area contributed by atoms with Crippen LogP contribution in [0.5, 0.6) is 0 Å². The highest BCUT2D eigenvalue weighted by atomic mass is 15.6. The number of tetrazole rings is 1. The fourth-order valence-corrected chi connectivity index (χ4v) is 1.53. The predicted molar refractivity (Wildman–Crippen MR) is 57.6 cm³/mol. The minimum atomic E-state index is 0.559. The van der Waals surface area contributed by atoms with Crippen molar-refractivity contribution in [3.63, 3.8) is 0 Å². The number of hydrogen-bond acceptors (Lipinski definition) is 5. The van der Waals surface area contributed by atoms with Crippen LogP contribution < -0.4 is 5.32 Å². The molecule has 0 saturated carbocycles. The highest BCUT2D eigenvalue weighted by molar-refractivity contribution is 5.16. The van der Waals surface area contributed by atoms with E-state index in [1.165, 1.54) is 10.4 Å². The summed E-state index contributed by atoms with van der Waals surface area (Å²) in [6, 6.07) is 0. The first-order chi connectivity index (χ1) is 7.70. The van der Waals surface area contributed by atoms with Crippen molar-refractivity contribution in [1.29, 1.82) is 0 Å². The minimum Gasteiger partial charge on any atom is -0.316 e. The van der Waals surface area contributed by atoms with Gasteiger partial charge in [0.05, 0.1) is 13.2 Å². The van der Waals surface area contributed by atoms with Gasteiger partial charge in [0.25, 0.3) is 0 Å².